The number of hydrogen-bond donors (Lipinski definition) is 2. The number of thioether (sulfide) groups is 1. The van der Waals surface area contributed by atoms with Crippen molar-refractivity contribution in [2.75, 3.05) is 57.6 Å². The fourth-order valence-corrected chi connectivity index (χ4v) is 3.12. The second kappa shape index (κ2) is 9.15. The Hall–Kier alpha value is -1.24. The molecule has 1 fully saturated rings. The summed E-state index contributed by atoms with van der Waals surface area (Å²) in [5.74, 6) is 1.12. The van der Waals surface area contributed by atoms with Gasteiger partial charge in [-0.1, -0.05) is 12.1 Å². The molecule has 128 valence electrons. The largest absolute Gasteiger partial charge is 0.336 e. The zero-order valence-electron chi connectivity index (χ0n) is 14.3. The maximum absolute atomic E-state index is 12.0. The maximum Gasteiger partial charge on any atom is 0.319 e. The molecule has 0 aliphatic carbocycles. The lowest BCUT2D eigenvalue weighted by molar-refractivity contribution is 0.115. The molecule has 0 saturated carbocycles. The minimum absolute atomic E-state index is 0.136. The van der Waals surface area contributed by atoms with Crippen LogP contribution in [-0.4, -0.2) is 74.2 Å². The van der Waals surface area contributed by atoms with E-state index in [2.05, 4.69) is 52.9 Å². The molecule has 0 spiro atoms. The Morgan fingerprint density at radius 3 is 2.70 bits per heavy atom. The molecule has 1 aliphatic heterocycles. The molecule has 1 aliphatic rings. The molecule has 2 amide bonds. The predicted molar refractivity (Wildman–Crippen MR) is 99.5 cm³/mol. The first-order chi connectivity index (χ1) is 11.1. The molecule has 1 saturated heterocycles. The highest BCUT2D eigenvalue weighted by molar-refractivity contribution is 7.98. The van der Waals surface area contributed by atoms with E-state index in [4.69, 9.17) is 0 Å². The van der Waals surface area contributed by atoms with Crippen LogP contribution in [0.2, 0.25) is 0 Å². The third kappa shape index (κ3) is 6.05. The molecule has 2 N–H and O–H groups in total. The fraction of sp³-hybridized carbons (Fsp3) is 0.588. The summed E-state index contributed by atoms with van der Waals surface area (Å²) in [6, 6.07) is 8.33. The van der Waals surface area contributed by atoms with Gasteiger partial charge in [0.2, 0.25) is 0 Å². The average molecular weight is 337 g/mol. The second-order valence-electron chi connectivity index (χ2n) is 6.17. The summed E-state index contributed by atoms with van der Waals surface area (Å²) < 4.78 is 0. The second-order valence-corrected chi connectivity index (χ2v) is 7.16. The Morgan fingerprint density at radius 2 is 2.00 bits per heavy atom. The number of rotatable bonds is 6. The van der Waals surface area contributed by atoms with Crippen molar-refractivity contribution in [3.63, 3.8) is 0 Å². The normalized spacial score (nSPS) is 19.5. The molecule has 0 radical (unpaired) electrons. The van der Waals surface area contributed by atoms with Crippen molar-refractivity contribution in [1.29, 1.82) is 0 Å². The number of carbonyl (C=O) groups excluding carboxylic acids is 1. The quantitative estimate of drug-likeness (QED) is 0.834. The van der Waals surface area contributed by atoms with Gasteiger partial charge in [0.25, 0.3) is 0 Å². The van der Waals surface area contributed by atoms with Crippen LogP contribution < -0.4 is 10.6 Å². The Morgan fingerprint density at radius 1 is 1.26 bits per heavy atom. The minimum Gasteiger partial charge on any atom is -0.336 e. The Bertz CT molecular complexity index is 494. The smallest absolute Gasteiger partial charge is 0.319 e. The van der Waals surface area contributed by atoms with E-state index in [0.29, 0.717) is 12.6 Å². The Kier molecular flexibility index (Phi) is 7.20. The number of amides is 2. The number of carbonyl (C=O) groups is 1. The summed E-state index contributed by atoms with van der Waals surface area (Å²) in [6.45, 7) is 3.78. The van der Waals surface area contributed by atoms with Crippen molar-refractivity contribution in [1.82, 2.24) is 15.1 Å². The molecule has 0 unspecified atom stereocenters. The van der Waals surface area contributed by atoms with Crippen molar-refractivity contribution < 1.29 is 4.79 Å². The third-order valence-electron chi connectivity index (χ3n) is 4.29. The fourth-order valence-electron chi connectivity index (χ4n) is 2.68. The van der Waals surface area contributed by atoms with Gasteiger partial charge in [-0.25, -0.2) is 4.79 Å². The molecule has 1 atom stereocenters. The number of nitrogens with one attached hydrogen (secondary N) is 2. The van der Waals surface area contributed by atoms with Gasteiger partial charge >= 0.3 is 6.03 Å². The van der Waals surface area contributed by atoms with E-state index in [1.807, 2.05) is 23.9 Å². The zero-order chi connectivity index (χ0) is 16.7. The number of likely N-dealkylation sites (N-methyl/N-ethyl adjacent to an activating group) is 2. The van der Waals surface area contributed by atoms with Gasteiger partial charge in [-0.15, -0.1) is 0 Å². The van der Waals surface area contributed by atoms with Crippen LogP contribution in [0.1, 0.15) is 5.56 Å². The molecule has 5 nitrogen and oxygen atoms in total. The van der Waals surface area contributed by atoms with E-state index < -0.39 is 0 Å². The molecule has 2 rings (SSSR count). The molecular weight excluding hydrogens is 308 g/mol. The lowest BCUT2D eigenvalue weighted by Crippen LogP contribution is -2.54. The predicted octanol–water partition coefficient (Wildman–Crippen LogP) is 1.96. The summed E-state index contributed by atoms with van der Waals surface area (Å²) in [5, 5.41) is 5.88. The number of anilines is 1. The zero-order valence-corrected chi connectivity index (χ0v) is 15.2. The Labute approximate surface area is 143 Å². The van der Waals surface area contributed by atoms with Gasteiger partial charge in [0, 0.05) is 37.9 Å². The van der Waals surface area contributed by atoms with Gasteiger partial charge in [0.15, 0.2) is 0 Å². The van der Waals surface area contributed by atoms with Crippen LogP contribution in [0, 0.1) is 0 Å². The van der Waals surface area contributed by atoms with Crippen molar-refractivity contribution in [3.05, 3.63) is 29.8 Å². The molecule has 1 heterocycles. The summed E-state index contributed by atoms with van der Waals surface area (Å²) in [7, 11) is 4.24. The number of urea groups is 1. The number of benzene rings is 1. The molecule has 23 heavy (non-hydrogen) atoms. The van der Waals surface area contributed by atoms with Crippen molar-refractivity contribution in [2.24, 2.45) is 0 Å². The van der Waals surface area contributed by atoms with E-state index in [0.717, 1.165) is 37.5 Å². The first-order valence-corrected chi connectivity index (χ1v) is 9.49. The molecule has 1 aromatic carbocycles. The SMILES string of the molecule is CSCCc1ccc(NC(=O)NC[C@@H]2CN(C)CCN2C)cc1. The van der Waals surface area contributed by atoms with Crippen molar-refractivity contribution in [3.8, 4) is 0 Å². The average Bonchev–Trinajstić information content (AvgIpc) is 2.55. The van der Waals surface area contributed by atoms with Gasteiger partial charge in [-0.2, -0.15) is 11.8 Å². The number of hydrogen-bond acceptors (Lipinski definition) is 4. The van der Waals surface area contributed by atoms with Crippen LogP contribution in [0.25, 0.3) is 0 Å². The van der Waals surface area contributed by atoms with Crippen molar-refractivity contribution in [2.45, 2.75) is 12.5 Å². The monoisotopic (exact) mass is 336 g/mol. The summed E-state index contributed by atoms with van der Waals surface area (Å²) >= 11 is 1.84. The first-order valence-electron chi connectivity index (χ1n) is 8.10. The van der Waals surface area contributed by atoms with E-state index in [9.17, 15) is 4.79 Å². The lowest BCUT2D eigenvalue weighted by atomic mass is 10.1. The van der Waals surface area contributed by atoms with Crippen LogP contribution in [0.3, 0.4) is 0 Å². The van der Waals surface area contributed by atoms with Crippen LogP contribution in [0.15, 0.2) is 24.3 Å². The highest BCUT2D eigenvalue weighted by atomic mass is 32.2. The lowest BCUT2D eigenvalue weighted by Gasteiger charge is -2.37. The van der Waals surface area contributed by atoms with Crippen molar-refractivity contribution >= 4 is 23.5 Å². The number of piperazine rings is 1. The molecule has 1 aromatic rings. The molecule has 0 bridgehead atoms. The maximum atomic E-state index is 12.0. The van der Waals surface area contributed by atoms with E-state index in [1.54, 1.807) is 0 Å². The minimum atomic E-state index is -0.136. The highest BCUT2D eigenvalue weighted by Gasteiger charge is 2.22. The number of aryl methyl sites for hydroxylation is 1. The van der Waals surface area contributed by atoms with Gasteiger partial charge < -0.3 is 15.5 Å². The summed E-state index contributed by atoms with van der Waals surface area (Å²) in [5.41, 5.74) is 2.14. The van der Waals surface area contributed by atoms with E-state index >= 15 is 0 Å². The molecule has 6 heteroatoms. The third-order valence-corrected chi connectivity index (χ3v) is 4.90. The van der Waals surface area contributed by atoms with E-state index in [1.165, 1.54) is 5.56 Å². The standard InChI is InChI=1S/C17H28N4OS/c1-20-9-10-21(2)16(13-20)12-18-17(22)19-15-6-4-14(5-7-15)8-11-23-3/h4-7,16H,8-13H2,1-3H3,(H2,18,19,22)/t16-/m1/s1. The molecule has 0 aromatic heterocycles. The van der Waals surface area contributed by atoms with Gasteiger partial charge in [-0.05, 0) is 50.2 Å². The van der Waals surface area contributed by atoms with Crippen LogP contribution in [-0.2, 0) is 6.42 Å². The summed E-state index contributed by atoms with van der Waals surface area (Å²) in [4.78, 5) is 16.7. The first kappa shape index (κ1) is 18.1. The molecular formula is C17H28N4OS. The van der Waals surface area contributed by atoms with E-state index in [-0.39, 0.29) is 6.03 Å². The topological polar surface area (TPSA) is 47.6 Å². The van der Waals surface area contributed by atoms with Gasteiger partial charge in [0.1, 0.15) is 0 Å². The van der Waals surface area contributed by atoms with Crippen LogP contribution >= 0.6 is 11.8 Å². The summed E-state index contributed by atoms with van der Waals surface area (Å²) in [6.07, 6.45) is 3.18. The van der Waals surface area contributed by atoms with Crippen LogP contribution in [0.5, 0.6) is 0 Å². The highest BCUT2D eigenvalue weighted by Crippen LogP contribution is 2.11. The van der Waals surface area contributed by atoms with Gasteiger partial charge in [-0.3, -0.25) is 4.90 Å². The number of nitrogens with zero attached hydrogens (tertiary/aromatic N) is 2. The van der Waals surface area contributed by atoms with Gasteiger partial charge in [0.05, 0.1) is 0 Å². The Balaban J connectivity index is 1.75. The van der Waals surface area contributed by atoms with Crippen LogP contribution in [0.4, 0.5) is 10.5 Å².